The lowest BCUT2D eigenvalue weighted by Crippen LogP contribution is -2.88. The first-order valence-electron chi connectivity index (χ1n) is 8.18. The van der Waals surface area contributed by atoms with Crippen molar-refractivity contribution in [1.82, 2.24) is 0 Å². The van der Waals surface area contributed by atoms with Crippen LogP contribution in [0.2, 0.25) is 5.02 Å². The highest BCUT2D eigenvalue weighted by atomic mass is 35.5. The molecule has 0 aliphatic heterocycles. The second-order valence-corrected chi connectivity index (χ2v) is 6.31. The Morgan fingerprint density at radius 1 is 1.27 bits per heavy atom. The summed E-state index contributed by atoms with van der Waals surface area (Å²) in [5, 5.41) is 3.05. The van der Waals surface area contributed by atoms with Gasteiger partial charge in [-0.15, -0.1) is 0 Å². The van der Waals surface area contributed by atoms with Crippen LogP contribution in [0.5, 0.6) is 11.5 Å². The van der Waals surface area contributed by atoms with Gasteiger partial charge < -0.3 is 14.8 Å². The van der Waals surface area contributed by atoms with Crippen molar-refractivity contribution in [1.29, 1.82) is 0 Å². The SMILES string of the molecule is C=CCOc1c(Cl)cc(C[NH2+]C2CCCCCC2)cc1OC. The highest BCUT2D eigenvalue weighted by Crippen LogP contribution is 2.36. The average Bonchev–Trinajstić information content (AvgIpc) is 2.80. The van der Waals surface area contributed by atoms with E-state index in [1.165, 1.54) is 44.1 Å². The third-order valence-corrected chi connectivity index (χ3v) is 4.50. The Hall–Kier alpha value is -1.19. The van der Waals surface area contributed by atoms with Gasteiger partial charge in [-0.05, 0) is 37.8 Å². The van der Waals surface area contributed by atoms with Crippen molar-refractivity contribution < 1.29 is 14.8 Å². The molecule has 1 fully saturated rings. The number of quaternary nitrogens is 1. The molecule has 1 aliphatic rings. The molecule has 122 valence electrons. The molecule has 0 bridgehead atoms. The highest BCUT2D eigenvalue weighted by Gasteiger charge is 2.16. The number of methoxy groups -OCH3 is 1. The number of halogens is 1. The van der Waals surface area contributed by atoms with Gasteiger partial charge in [-0.2, -0.15) is 0 Å². The van der Waals surface area contributed by atoms with Crippen LogP contribution in [0, 0.1) is 0 Å². The molecule has 0 unspecified atom stereocenters. The minimum absolute atomic E-state index is 0.420. The van der Waals surface area contributed by atoms with Crippen LogP contribution in [-0.2, 0) is 6.54 Å². The van der Waals surface area contributed by atoms with Crippen molar-refractivity contribution in [3.8, 4) is 11.5 Å². The summed E-state index contributed by atoms with van der Waals surface area (Å²) in [5.41, 5.74) is 1.18. The summed E-state index contributed by atoms with van der Waals surface area (Å²) >= 11 is 6.34. The molecular formula is C18H27ClNO2+. The normalized spacial score (nSPS) is 16.1. The Morgan fingerprint density at radius 2 is 2.00 bits per heavy atom. The van der Waals surface area contributed by atoms with E-state index in [9.17, 15) is 0 Å². The molecule has 0 heterocycles. The van der Waals surface area contributed by atoms with E-state index in [0.29, 0.717) is 23.1 Å². The van der Waals surface area contributed by atoms with Gasteiger partial charge in [-0.1, -0.05) is 37.1 Å². The standard InChI is InChI=1S/C18H26ClNO2/c1-3-10-22-18-16(19)11-14(12-17(18)21-2)13-20-15-8-6-4-5-7-9-15/h3,11-12,15,20H,1,4-10,13H2,2H3/p+1. The third-order valence-electron chi connectivity index (χ3n) is 4.22. The lowest BCUT2D eigenvalue weighted by molar-refractivity contribution is -0.705. The van der Waals surface area contributed by atoms with E-state index in [1.807, 2.05) is 12.1 Å². The van der Waals surface area contributed by atoms with Crippen molar-refractivity contribution in [2.45, 2.75) is 51.1 Å². The summed E-state index contributed by atoms with van der Waals surface area (Å²) in [6.45, 7) is 5.01. The van der Waals surface area contributed by atoms with E-state index in [2.05, 4.69) is 11.9 Å². The Labute approximate surface area is 138 Å². The van der Waals surface area contributed by atoms with Crippen LogP contribution < -0.4 is 14.8 Å². The van der Waals surface area contributed by atoms with E-state index < -0.39 is 0 Å². The molecule has 0 amide bonds. The largest absolute Gasteiger partial charge is 0.493 e. The molecule has 1 aromatic carbocycles. The van der Waals surface area contributed by atoms with E-state index in [0.717, 1.165) is 12.6 Å². The number of rotatable bonds is 7. The molecule has 3 nitrogen and oxygen atoms in total. The number of benzene rings is 1. The van der Waals surface area contributed by atoms with Gasteiger partial charge in [0.25, 0.3) is 0 Å². The second-order valence-electron chi connectivity index (χ2n) is 5.90. The molecule has 0 atom stereocenters. The second kappa shape index (κ2) is 9.06. The maximum Gasteiger partial charge on any atom is 0.180 e. The Bertz CT molecular complexity index is 482. The summed E-state index contributed by atoms with van der Waals surface area (Å²) in [4.78, 5) is 0. The van der Waals surface area contributed by atoms with Gasteiger partial charge in [0.1, 0.15) is 13.2 Å². The maximum atomic E-state index is 6.34. The fraction of sp³-hybridized carbons (Fsp3) is 0.556. The molecule has 0 spiro atoms. The van der Waals surface area contributed by atoms with Gasteiger partial charge >= 0.3 is 0 Å². The zero-order valence-corrected chi connectivity index (χ0v) is 14.2. The van der Waals surface area contributed by atoms with E-state index in [-0.39, 0.29) is 0 Å². The summed E-state index contributed by atoms with van der Waals surface area (Å²) in [7, 11) is 1.64. The maximum absolute atomic E-state index is 6.34. The van der Waals surface area contributed by atoms with Crippen LogP contribution in [-0.4, -0.2) is 19.8 Å². The number of nitrogens with two attached hydrogens (primary N) is 1. The van der Waals surface area contributed by atoms with Crippen LogP contribution in [0.1, 0.15) is 44.1 Å². The molecule has 0 saturated heterocycles. The van der Waals surface area contributed by atoms with Crippen LogP contribution >= 0.6 is 11.6 Å². The van der Waals surface area contributed by atoms with Crippen molar-refractivity contribution in [3.05, 3.63) is 35.4 Å². The average molecular weight is 325 g/mol. The first kappa shape index (κ1) is 17.2. The molecule has 2 N–H and O–H groups in total. The summed E-state index contributed by atoms with van der Waals surface area (Å²) in [6.07, 6.45) is 9.85. The fourth-order valence-electron chi connectivity index (χ4n) is 3.02. The zero-order chi connectivity index (χ0) is 15.8. The molecular weight excluding hydrogens is 298 g/mol. The number of hydrogen-bond donors (Lipinski definition) is 1. The lowest BCUT2D eigenvalue weighted by atomic mass is 10.1. The van der Waals surface area contributed by atoms with Gasteiger partial charge in [0.2, 0.25) is 0 Å². The quantitative estimate of drug-likeness (QED) is 0.613. The molecule has 0 aromatic heterocycles. The number of ether oxygens (including phenoxy) is 2. The number of hydrogen-bond acceptors (Lipinski definition) is 2. The predicted molar refractivity (Wildman–Crippen MR) is 90.8 cm³/mol. The van der Waals surface area contributed by atoms with E-state index in [1.54, 1.807) is 13.2 Å². The Kier molecular flexibility index (Phi) is 7.07. The zero-order valence-electron chi connectivity index (χ0n) is 13.4. The van der Waals surface area contributed by atoms with Gasteiger partial charge in [0.05, 0.1) is 18.2 Å². The topological polar surface area (TPSA) is 35.1 Å². The molecule has 4 heteroatoms. The third kappa shape index (κ3) is 4.92. The highest BCUT2D eigenvalue weighted by molar-refractivity contribution is 6.32. The van der Waals surface area contributed by atoms with Gasteiger partial charge in [-0.3, -0.25) is 0 Å². The Morgan fingerprint density at radius 3 is 2.64 bits per heavy atom. The van der Waals surface area contributed by atoms with Crippen LogP contribution in [0.15, 0.2) is 24.8 Å². The van der Waals surface area contributed by atoms with E-state index >= 15 is 0 Å². The van der Waals surface area contributed by atoms with Crippen LogP contribution in [0.25, 0.3) is 0 Å². The molecule has 22 heavy (non-hydrogen) atoms. The molecule has 1 aromatic rings. The first-order valence-corrected chi connectivity index (χ1v) is 8.55. The van der Waals surface area contributed by atoms with Gasteiger partial charge in [-0.25, -0.2) is 0 Å². The summed E-state index contributed by atoms with van der Waals surface area (Å²) < 4.78 is 11.0. The monoisotopic (exact) mass is 324 g/mol. The van der Waals surface area contributed by atoms with Crippen LogP contribution in [0.4, 0.5) is 0 Å². The van der Waals surface area contributed by atoms with E-state index in [4.69, 9.17) is 21.1 Å². The van der Waals surface area contributed by atoms with Crippen LogP contribution in [0.3, 0.4) is 0 Å². The van der Waals surface area contributed by atoms with Crippen molar-refractivity contribution in [3.63, 3.8) is 0 Å². The van der Waals surface area contributed by atoms with Gasteiger partial charge in [0, 0.05) is 5.56 Å². The first-order chi connectivity index (χ1) is 10.7. The minimum atomic E-state index is 0.420. The lowest BCUT2D eigenvalue weighted by Gasteiger charge is -2.15. The van der Waals surface area contributed by atoms with Gasteiger partial charge in [0.15, 0.2) is 11.5 Å². The molecule has 0 radical (unpaired) electrons. The predicted octanol–water partition coefficient (Wildman–Crippen LogP) is 3.70. The Balaban J connectivity index is 2.01. The van der Waals surface area contributed by atoms with Crippen molar-refractivity contribution in [2.24, 2.45) is 0 Å². The molecule has 1 saturated carbocycles. The minimum Gasteiger partial charge on any atom is -0.493 e. The van der Waals surface area contributed by atoms with Crippen molar-refractivity contribution >= 4 is 11.6 Å². The molecule has 1 aliphatic carbocycles. The van der Waals surface area contributed by atoms with Crippen molar-refractivity contribution in [2.75, 3.05) is 13.7 Å². The summed E-state index contributed by atoms with van der Waals surface area (Å²) in [6, 6.07) is 4.75. The smallest absolute Gasteiger partial charge is 0.180 e. The fourth-order valence-corrected chi connectivity index (χ4v) is 3.31. The molecule has 2 rings (SSSR count). The summed E-state index contributed by atoms with van der Waals surface area (Å²) in [5.74, 6) is 1.29.